The fraction of sp³-hybridized carbons (Fsp3) is 0.333. The van der Waals surface area contributed by atoms with Crippen molar-refractivity contribution >= 4 is 23.1 Å². The first-order chi connectivity index (χ1) is 8.58. The van der Waals surface area contributed by atoms with Crippen LogP contribution in [0.25, 0.3) is 5.52 Å². The number of methoxy groups -OCH3 is 1. The molecule has 2 heterocycles. The van der Waals surface area contributed by atoms with Gasteiger partial charge in [-0.2, -0.15) is 0 Å². The van der Waals surface area contributed by atoms with E-state index in [4.69, 9.17) is 16.3 Å². The summed E-state index contributed by atoms with van der Waals surface area (Å²) < 4.78 is 6.57. The minimum atomic E-state index is -0.468. The first-order valence-electron chi connectivity index (χ1n) is 5.51. The van der Waals surface area contributed by atoms with E-state index in [0.717, 1.165) is 5.82 Å². The maximum Gasteiger partial charge on any atom is 0.358 e. The lowest BCUT2D eigenvalue weighted by molar-refractivity contribution is 0.0596. The first kappa shape index (κ1) is 12.9. The summed E-state index contributed by atoms with van der Waals surface area (Å²) in [5.74, 6) is 0.272. The van der Waals surface area contributed by atoms with Crippen LogP contribution in [-0.2, 0) is 4.74 Å². The molecule has 1 N–H and O–H groups in total. The molecule has 0 amide bonds. The summed E-state index contributed by atoms with van der Waals surface area (Å²) in [5, 5.41) is 3.64. The molecule has 0 bridgehead atoms. The van der Waals surface area contributed by atoms with Gasteiger partial charge in [-0.1, -0.05) is 11.6 Å². The molecule has 96 valence electrons. The number of hydrogen-bond acceptors (Lipinski definition) is 4. The van der Waals surface area contributed by atoms with Crippen LogP contribution in [0.4, 0.5) is 0 Å². The van der Waals surface area contributed by atoms with Crippen LogP contribution in [0.2, 0.25) is 5.02 Å². The number of halogens is 1. The standard InChI is InChI=1S/C12H14ClN3O2/c1-7(14-2)11-15-10(12(17)18-3)9-6-8(13)4-5-16(9)11/h4-7,14H,1-3H3. The number of nitrogens with one attached hydrogen (secondary N) is 1. The van der Waals surface area contributed by atoms with E-state index in [1.165, 1.54) is 7.11 Å². The highest BCUT2D eigenvalue weighted by atomic mass is 35.5. The Kier molecular flexibility index (Phi) is 3.54. The molecule has 18 heavy (non-hydrogen) atoms. The van der Waals surface area contributed by atoms with Crippen LogP contribution in [0, 0.1) is 0 Å². The fourth-order valence-corrected chi connectivity index (χ4v) is 1.92. The normalized spacial score (nSPS) is 12.7. The van der Waals surface area contributed by atoms with Gasteiger partial charge in [0.1, 0.15) is 5.82 Å². The van der Waals surface area contributed by atoms with Crippen LogP contribution in [0.1, 0.15) is 29.3 Å². The number of fused-ring (bicyclic) bond motifs is 1. The van der Waals surface area contributed by atoms with Gasteiger partial charge in [-0.05, 0) is 26.1 Å². The van der Waals surface area contributed by atoms with Gasteiger partial charge in [-0.25, -0.2) is 9.78 Å². The van der Waals surface area contributed by atoms with Crippen LogP contribution in [0.15, 0.2) is 18.3 Å². The van der Waals surface area contributed by atoms with Gasteiger partial charge < -0.3 is 14.5 Å². The quantitative estimate of drug-likeness (QED) is 0.865. The zero-order valence-electron chi connectivity index (χ0n) is 10.4. The highest BCUT2D eigenvalue weighted by molar-refractivity contribution is 6.31. The summed E-state index contributed by atoms with van der Waals surface area (Å²) in [6, 6.07) is 3.47. The number of carbonyl (C=O) groups excluding carboxylic acids is 1. The summed E-state index contributed by atoms with van der Waals surface area (Å²) in [6.45, 7) is 1.96. The number of carbonyl (C=O) groups is 1. The molecule has 2 rings (SSSR count). The van der Waals surface area contributed by atoms with Crippen molar-refractivity contribution in [3.63, 3.8) is 0 Å². The molecule has 1 unspecified atom stereocenters. The Hall–Kier alpha value is -1.59. The molecule has 0 saturated carbocycles. The minimum Gasteiger partial charge on any atom is -0.464 e. The van der Waals surface area contributed by atoms with Crippen molar-refractivity contribution in [1.82, 2.24) is 14.7 Å². The molecule has 0 spiro atoms. The van der Waals surface area contributed by atoms with E-state index >= 15 is 0 Å². The van der Waals surface area contributed by atoms with E-state index in [9.17, 15) is 4.79 Å². The number of hydrogen-bond donors (Lipinski definition) is 1. The molecular weight excluding hydrogens is 254 g/mol. The van der Waals surface area contributed by atoms with Crippen LogP contribution in [0.3, 0.4) is 0 Å². The van der Waals surface area contributed by atoms with Crippen LogP contribution >= 0.6 is 11.6 Å². The van der Waals surface area contributed by atoms with Crippen molar-refractivity contribution in [3.05, 3.63) is 34.9 Å². The lowest BCUT2D eigenvalue weighted by Gasteiger charge is -2.08. The van der Waals surface area contributed by atoms with E-state index in [1.807, 2.05) is 18.4 Å². The molecule has 0 saturated heterocycles. The number of imidazole rings is 1. The largest absolute Gasteiger partial charge is 0.464 e. The Bertz CT molecular complexity index is 594. The second-order valence-corrected chi connectivity index (χ2v) is 4.36. The second kappa shape index (κ2) is 4.96. The third-order valence-corrected chi connectivity index (χ3v) is 3.07. The van der Waals surface area contributed by atoms with E-state index in [0.29, 0.717) is 10.5 Å². The van der Waals surface area contributed by atoms with E-state index < -0.39 is 5.97 Å². The second-order valence-electron chi connectivity index (χ2n) is 3.92. The average molecular weight is 268 g/mol. The van der Waals surface area contributed by atoms with Gasteiger partial charge in [-0.15, -0.1) is 0 Å². The van der Waals surface area contributed by atoms with Crippen LogP contribution in [0.5, 0.6) is 0 Å². The molecule has 0 aliphatic heterocycles. The molecule has 0 radical (unpaired) electrons. The van der Waals surface area contributed by atoms with E-state index in [1.54, 1.807) is 18.3 Å². The van der Waals surface area contributed by atoms with E-state index in [-0.39, 0.29) is 11.7 Å². The third-order valence-electron chi connectivity index (χ3n) is 2.83. The number of esters is 1. The smallest absolute Gasteiger partial charge is 0.358 e. The first-order valence-corrected chi connectivity index (χ1v) is 5.89. The fourth-order valence-electron chi connectivity index (χ4n) is 1.76. The van der Waals surface area contributed by atoms with Gasteiger partial charge in [-0.3, -0.25) is 0 Å². The topological polar surface area (TPSA) is 55.6 Å². The molecule has 2 aromatic rings. The molecule has 1 atom stereocenters. The summed E-state index contributed by atoms with van der Waals surface area (Å²) >= 11 is 5.95. The Morgan fingerprint density at radius 3 is 2.94 bits per heavy atom. The SMILES string of the molecule is CNC(C)c1nc(C(=O)OC)c2cc(Cl)ccn12. The van der Waals surface area contributed by atoms with Gasteiger partial charge in [0.25, 0.3) is 0 Å². The van der Waals surface area contributed by atoms with Crippen molar-refractivity contribution in [1.29, 1.82) is 0 Å². The van der Waals surface area contributed by atoms with Gasteiger partial charge >= 0.3 is 5.97 Å². The van der Waals surface area contributed by atoms with Crippen molar-refractivity contribution in [2.45, 2.75) is 13.0 Å². The molecular formula is C12H14ClN3O2. The van der Waals surface area contributed by atoms with E-state index in [2.05, 4.69) is 10.3 Å². The van der Waals surface area contributed by atoms with Crippen molar-refractivity contribution in [2.24, 2.45) is 0 Å². The molecule has 0 aromatic carbocycles. The molecule has 0 aliphatic carbocycles. The predicted molar refractivity (Wildman–Crippen MR) is 69.0 cm³/mol. The summed E-state index contributed by atoms with van der Waals surface area (Å²) in [6.07, 6.45) is 1.79. The lowest BCUT2D eigenvalue weighted by atomic mass is 10.3. The number of nitrogens with zero attached hydrogens (tertiary/aromatic N) is 2. The highest BCUT2D eigenvalue weighted by Crippen LogP contribution is 2.22. The average Bonchev–Trinajstić information content (AvgIpc) is 2.75. The predicted octanol–water partition coefficient (Wildman–Crippen LogP) is 2.05. The van der Waals surface area contributed by atoms with Crippen LogP contribution < -0.4 is 5.32 Å². The maximum absolute atomic E-state index is 11.7. The summed E-state index contributed by atoms with van der Waals surface area (Å²) in [7, 11) is 3.17. The Morgan fingerprint density at radius 1 is 1.61 bits per heavy atom. The van der Waals surface area contributed by atoms with Gasteiger partial charge in [0.05, 0.1) is 18.7 Å². The number of aromatic nitrogens is 2. The molecule has 6 heteroatoms. The van der Waals surface area contributed by atoms with Gasteiger partial charge in [0.2, 0.25) is 0 Å². The molecule has 0 fully saturated rings. The van der Waals surface area contributed by atoms with Crippen molar-refractivity contribution in [3.8, 4) is 0 Å². The Labute approximate surface area is 110 Å². The van der Waals surface area contributed by atoms with Crippen LogP contribution in [-0.4, -0.2) is 29.5 Å². The van der Waals surface area contributed by atoms with Gasteiger partial charge in [0.15, 0.2) is 5.69 Å². The lowest BCUT2D eigenvalue weighted by Crippen LogP contribution is -2.15. The maximum atomic E-state index is 11.7. The number of rotatable bonds is 3. The third kappa shape index (κ3) is 2.07. The highest BCUT2D eigenvalue weighted by Gasteiger charge is 2.20. The number of ether oxygens (including phenoxy) is 1. The van der Waals surface area contributed by atoms with Gasteiger partial charge in [0, 0.05) is 11.2 Å². The van der Waals surface area contributed by atoms with Crippen molar-refractivity contribution in [2.75, 3.05) is 14.2 Å². The minimum absolute atomic E-state index is 0.0112. The Morgan fingerprint density at radius 2 is 2.33 bits per heavy atom. The molecule has 5 nitrogen and oxygen atoms in total. The zero-order chi connectivity index (χ0) is 13.3. The zero-order valence-corrected chi connectivity index (χ0v) is 11.2. The monoisotopic (exact) mass is 267 g/mol. The number of pyridine rings is 1. The Balaban J connectivity index is 2.71. The summed E-state index contributed by atoms with van der Waals surface area (Å²) in [5.41, 5.74) is 0.920. The summed E-state index contributed by atoms with van der Waals surface area (Å²) in [4.78, 5) is 16.0. The molecule has 2 aromatic heterocycles. The molecule has 0 aliphatic rings. The van der Waals surface area contributed by atoms with Crippen molar-refractivity contribution < 1.29 is 9.53 Å².